The quantitative estimate of drug-likeness (QED) is 0.775. The number of phenolic OH excluding ortho intramolecular Hbond substituents is 1. The number of phenols is 1. The molecule has 1 aromatic carbocycles. The monoisotopic (exact) mass is 212 g/mol. The highest BCUT2D eigenvalue weighted by Gasteiger charge is 2.31. The van der Waals surface area contributed by atoms with Gasteiger partial charge in [0, 0.05) is 16.5 Å². The molecule has 0 aromatic heterocycles. The van der Waals surface area contributed by atoms with Gasteiger partial charge in [-0.15, -0.1) is 0 Å². The Labute approximate surface area is 88.5 Å². The predicted molar refractivity (Wildman–Crippen MR) is 56.2 cm³/mol. The Balaban J connectivity index is 2.53. The standard InChI is InChI=1S/C11H13ClO2/c1-6(2)7-5-14-11-9(13)4-3-8(12)10(7)11/h3-4,6-7,13H,5H2,1-2H3. The summed E-state index contributed by atoms with van der Waals surface area (Å²) < 4.78 is 5.45. The fourth-order valence-electron chi connectivity index (χ4n) is 1.84. The van der Waals surface area contributed by atoms with E-state index in [1.165, 1.54) is 0 Å². The van der Waals surface area contributed by atoms with Gasteiger partial charge in [-0.1, -0.05) is 25.4 Å². The number of halogens is 1. The SMILES string of the molecule is CC(C)C1COc2c(O)ccc(Cl)c21. The molecule has 2 nitrogen and oxygen atoms in total. The van der Waals surface area contributed by atoms with Gasteiger partial charge >= 0.3 is 0 Å². The van der Waals surface area contributed by atoms with E-state index in [-0.39, 0.29) is 5.75 Å². The van der Waals surface area contributed by atoms with Crippen molar-refractivity contribution in [2.45, 2.75) is 19.8 Å². The molecule has 1 aliphatic heterocycles. The van der Waals surface area contributed by atoms with Crippen molar-refractivity contribution >= 4 is 11.6 Å². The number of hydrogen-bond donors (Lipinski definition) is 1. The first-order chi connectivity index (χ1) is 6.61. The molecule has 76 valence electrons. The lowest BCUT2D eigenvalue weighted by Crippen LogP contribution is -2.08. The van der Waals surface area contributed by atoms with Crippen LogP contribution in [0.1, 0.15) is 25.3 Å². The lowest BCUT2D eigenvalue weighted by atomic mass is 9.90. The Morgan fingerprint density at radius 2 is 2.21 bits per heavy atom. The lowest BCUT2D eigenvalue weighted by Gasteiger charge is -2.13. The van der Waals surface area contributed by atoms with Gasteiger partial charge in [0.1, 0.15) is 0 Å². The van der Waals surface area contributed by atoms with Crippen molar-refractivity contribution in [3.8, 4) is 11.5 Å². The van der Waals surface area contributed by atoms with Crippen molar-refractivity contribution in [1.82, 2.24) is 0 Å². The summed E-state index contributed by atoms with van der Waals surface area (Å²) in [5, 5.41) is 10.3. The van der Waals surface area contributed by atoms with Crippen molar-refractivity contribution in [3.63, 3.8) is 0 Å². The zero-order valence-electron chi connectivity index (χ0n) is 8.25. The number of aromatic hydroxyl groups is 1. The van der Waals surface area contributed by atoms with E-state index in [0.29, 0.717) is 29.2 Å². The van der Waals surface area contributed by atoms with E-state index in [0.717, 1.165) is 5.56 Å². The number of hydrogen-bond acceptors (Lipinski definition) is 2. The van der Waals surface area contributed by atoms with Crippen molar-refractivity contribution in [2.75, 3.05) is 6.61 Å². The van der Waals surface area contributed by atoms with Crippen molar-refractivity contribution in [2.24, 2.45) is 5.92 Å². The molecule has 0 saturated carbocycles. The molecular formula is C11H13ClO2. The fraction of sp³-hybridized carbons (Fsp3) is 0.455. The molecular weight excluding hydrogens is 200 g/mol. The molecule has 0 amide bonds. The molecule has 1 unspecified atom stereocenters. The molecule has 0 bridgehead atoms. The first kappa shape index (κ1) is 9.66. The van der Waals surface area contributed by atoms with Gasteiger partial charge in [-0.3, -0.25) is 0 Å². The van der Waals surface area contributed by atoms with Gasteiger partial charge in [-0.05, 0) is 18.1 Å². The molecule has 0 saturated heterocycles. The van der Waals surface area contributed by atoms with Crippen LogP contribution in [0.15, 0.2) is 12.1 Å². The largest absolute Gasteiger partial charge is 0.504 e. The topological polar surface area (TPSA) is 29.5 Å². The molecule has 1 heterocycles. The van der Waals surface area contributed by atoms with E-state index in [1.807, 2.05) is 0 Å². The maximum Gasteiger partial charge on any atom is 0.166 e. The number of benzene rings is 1. The van der Waals surface area contributed by atoms with Gasteiger partial charge in [0.25, 0.3) is 0 Å². The summed E-state index contributed by atoms with van der Waals surface area (Å²) >= 11 is 6.09. The second-order valence-electron chi connectivity index (χ2n) is 3.97. The van der Waals surface area contributed by atoms with E-state index in [2.05, 4.69) is 13.8 Å². The van der Waals surface area contributed by atoms with Crippen LogP contribution in [0.5, 0.6) is 11.5 Å². The van der Waals surface area contributed by atoms with Gasteiger partial charge in [0.05, 0.1) is 6.61 Å². The van der Waals surface area contributed by atoms with E-state index in [4.69, 9.17) is 16.3 Å². The van der Waals surface area contributed by atoms with Crippen LogP contribution in [-0.2, 0) is 0 Å². The van der Waals surface area contributed by atoms with Gasteiger partial charge < -0.3 is 9.84 Å². The predicted octanol–water partition coefficient (Wildman–Crippen LogP) is 3.18. The zero-order chi connectivity index (χ0) is 10.3. The summed E-state index contributed by atoms with van der Waals surface area (Å²) in [5.74, 6) is 1.52. The third-order valence-corrected chi connectivity index (χ3v) is 3.03. The third kappa shape index (κ3) is 1.34. The number of ether oxygens (including phenoxy) is 1. The molecule has 0 aliphatic carbocycles. The minimum atomic E-state index is 0.188. The van der Waals surface area contributed by atoms with E-state index >= 15 is 0 Å². The Morgan fingerprint density at radius 3 is 2.86 bits per heavy atom. The summed E-state index contributed by atoms with van der Waals surface area (Å²) in [4.78, 5) is 0. The van der Waals surface area contributed by atoms with E-state index in [9.17, 15) is 5.11 Å². The van der Waals surface area contributed by atoms with E-state index < -0.39 is 0 Å². The fourth-order valence-corrected chi connectivity index (χ4v) is 2.13. The average Bonchev–Trinajstić information content (AvgIpc) is 2.56. The highest BCUT2D eigenvalue weighted by molar-refractivity contribution is 6.31. The molecule has 0 radical (unpaired) electrons. The highest BCUT2D eigenvalue weighted by Crippen LogP contribution is 2.47. The lowest BCUT2D eigenvalue weighted by molar-refractivity contribution is 0.293. The normalized spacial score (nSPS) is 19.6. The molecule has 1 N–H and O–H groups in total. The summed E-state index contributed by atoms with van der Waals surface area (Å²) in [6, 6.07) is 3.30. The molecule has 3 heteroatoms. The third-order valence-electron chi connectivity index (χ3n) is 2.70. The highest BCUT2D eigenvalue weighted by atomic mass is 35.5. The first-order valence-corrected chi connectivity index (χ1v) is 5.13. The first-order valence-electron chi connectivity index (χ1n) is 4.75. The van der Waals surface area contributed by atoms with Crippen LogP contribution >= 0.6 is 11.6 Å². The van der Waals surface area contributed by atoms with Gasteiger partial charge in [0.2, 0.25) is 0 Å². The Kier molecular flexibility index (Phi) is 2.31. The Morgan fingerprint density at radius 1 is 1.50 bits per heavy atom. The molecule has 1 aromatic rings. The maximum atomic E-state index is 9.57. The molecule has 1 aliphatic rings. The molecule has 1 atom stereocenters. The Bertz CT molecular complexity index is 361. The molecule has 2 rings (SSSR count). The molecule has 14 heavy (non-hydrogen) atoms. The van der Waals surface area contributed by atoms with Crippen molar-refractivity contribution < 1.29 is 9.84 Å². The van der Waals surface area contributed by atoms with E-state index in [1.54, 1.807) is 12.1 Å². The second kappa shape index (κ2) is 3.35. The smallest absolute Gasteiger partial charge is 0.166 e. The van der Waals surface area contributed by atoms with Crippen molar-refractivity contribution in [1.29, 1.82) is 0 Å². The van der Waals surface area contributed by atoms with Crippen LogP contribution < -0.4 is 4.74 Å². The summed E-state index contributed by atoms with van der Waals surface area (Å²) in [5.41, 5.74) is 0.960. The number of rotatable bonds is 1. The number of fused-ring (bicyclic) bond motifs is 1. The zero-order valence-corrected chi connectivity index (χ0v) is 9.01. The van der Waals surface area contributed by atoms with Gasteiger partial charge in [0.15, 0.2) is 11.5 Å². The van der Waals surface area contributed by atoms with Crippen molar-refractivity contribution in [3.05, 3.63) is 22.7 Å². The Hall–Kier alpha value is -0.890. The van der Waals surface area contributed by atoms with Crippen LogP contribution in [0.2, 0.25) is 5.02 Å². The summed E-state index contributed by atoms with van der Waals surface area (Å²) in [6.45, 7) is 4.87. The maximum absolute atomic E-state index is 9.57. The van der Waals surface area contributed by atoms with Gasteiger partial charge in [-0.25, -0.2) is 0 Å². The van der Waals surface area contributed by atoms with Crippen LogP contribution in [0.3, 0.4) is 0 Å². The van der Waals surface area contributed by atoms with Crippen LogP contribution in [0.4, 0.5) is 0 Å². The minimum Gasteiger partial charge on any atom is -0.504 e. The van der Waals surface area contributed by atoms with Crippen LogP contribution in [0.25, 0.3) is 0 Å². The van der Waals surface area contributed by atoms with Crippen LogP contribution in [0, 0.1) is 5.92 Å². The van der Waals surface area contributed by atoms with Crippen LogP contribution in [-0.4, -0.2) is 11.7 Å². The summed E-state index contributed by atoms with van der Waals surface area (Å²) in [6.07, 6.45) is 0. The van der Waals surface area contributed by atoms with Gasteiger partial charge in [-0.2, -0.15) is 0 Å². The average molecular weight is 213 g/mol. The molecule has 0 fully saturated rings. The summed E-state index contributed by atoms with van der Waals surface area (Å²) in [7, 11) is 0. The molecule has 0 spiro atoms. The minimum absolute atomic E-state index is 0.188. The second-order valence-corrected chi connectivity index (χ2v) is 4.38.